The third kappa shape index (κ3) is 11.4. The summed E-state index contributed by atoms with van der Waals surface area (Å²) in [6, 6.07) is 5.25. The van der Waals surface area contributed by atoms with Gasteiger partial charge in [0, 0.05) is 30.0 Å². The fourth-order valence-electron chi connectivity index (χ4n) is 7.36. The second kappa shape index (κ2) is 19.3. The molecular weight excluding hydrogens is 880 g/mol. The number of anilines is 3. The molecule has 2 N–H and O–H groups in total. The average Bonchev–Trinajstić information content (AvgIpc) is 3.20. The van der Waals surface area contributed by atoms with Crippen LogP contribution in [0.1, 0.15) is 62.3 Å². The van der Waals surface area contributed by atoms with Gasteiger partial charge in [0.15, 0.2) is 11.6 Å². The Hall–Kier alpha value is -5.11. The Morgan fingerprint density at radius 1 is 1.00 bits per heavy atom. The predicted octanol–water partition coefficient (Wildman–Crippen LogP) is 8.63. The summed E-state index contributed by atoms with van der Waals surface area (Å²) in [7, 11) is 0. The zero-order chi connectivity index (χ0) is 44.1. The number of ether oxygens (including phenoxy) is 3. The third-order valence-corrected chi connectivity index (χ3v) is 11.3. The van der Waals surface area contributed by atoms with Crippen molar-refractivity contribution in [2.75, 3.05) is 55.0 Å². The lowest BCUT2D eigenvalue weighted by atomic mass is 10.0. The number of nitrogens with zero attached hydrogens (tertiary/aromatic N) is 5. The maximum atomic E-state index is 14.3. The lowest BCUT2D eigenvalue weighted by Crippen LogP contribution is -2.47. The van der Waals surface area contributed by atoms with Crippen molar-refractivity contribution in [2.45, 2.75) is 90.3 Å². The van der Waals surface area contributed by atoms with Crippen LogP contribution in [0.5, 0.6) is 11.5 Å². The van der Waals surface area contributed by atoms with Gasteiger partial charge in [0.1, 0.15) is 31.6 Å². The largest absolute Gasteiger partial charge is 0.489 e. The molecule has 61 heavy (non-hydrogen) atoms. The monoisotopic (exact) mass is 925 g/mol. The van der Waals surface area contributed by atoms with Crippen molar-refractivity contribution in [3.05, 3.63) is 74.4 Å². The number of nitrogens with one attached hydrogen (secondary N) is 2. The zero-order valence-corrected chi connectivity index (χ0v) is 35.3. The molecule has 0 aliphatic carbocycles. The second-order valence-electron chi connectivity index (χ2n) is 15.0. The highest BCUT2D eigenvalue weighted by molar-refractivity contribution is 9.10. The number of unbranched alkanes of at least 4 members (excludes halogenated alkanes) is 3. The van der Waals surface area contributed by atoms with E-state index >= 15 is 0 Å². The van der Waals surface area contributed by atoms with Crippen LogP contribution in [0.4, 0.5) is 48.3 Å². The van der Waals surface area contributed by atoms with Crippen LogP contribution in [0.25, 0.3) is 10.9 Å². The Labute approximate surface area is 355 Å². The summed E-state index contributed by atoms with van der Waals surface area (Å²) in [4.78, 5) is 50.0. The van der Waals surface area contributed by atoms with Crippen LogP contribution < -0.4 is 30.6 Å². The zero-order valence-electron chi connectivity index (χ0n) is 33.7. The number of pyridine rings is 1. The molecule has 1 fully saturated rings. The van der Waals surface area contributed by atoms with E-state index < -0.39 is 53.6 Å². The number of aryl methyl sites for hydroxylation is 3. The van der Waals surface area contributed by atoms with E-state index in [4.69, 9.17) is 14.2 Å². The Morgan fingerprint density at radius 3 is 2.48 bits per heavy atom. The highest BCUT2D eigenvalue weighted by Gasteiger charge is 2.41. The molecule has 0 spiro atoms. The summed E-state index contributed by atoms with van der Waals surface area (Å²) in [5.41, 5.74) is -0.390. The first-order valence-electron chi connectivity index (χ1n) is 19.8. The molecule has 330 valence electrons. The number of benzene rings is 2. The second-order valence-corrected chi connectivity index (χ2v) is 15.9. The van der Waals surface area contributed by atoms with Gasteiger partial charge in [-0.2, -0.15) is 26.3 Å². The highest BCUT2D eigenvalue weighted by Crippen LogP contribution is 2.46. The third-order valence-electron chi connectivity index (χ3n) is 10.5. The number of carbonyl (C=O) groups excluding carboxylic acids is 2. The summed E-state index contributed by atoms with van der Waals surface area (Å²) in [6.07, 6.45) is -4.46. The number of amides is 3. The minimum Gasteiger partial charge on any atom is -0.489 e. The van der Waals surface area contributed by atoms with Crippen LogP contribution in [-0.4, -0.2) is 89.2 Å². The summed E-state index contributed by atoms with van der Waals surface area (Å²) < 4.78 is 103. The van der Waals surface area contributed by atoms with Crippen LogP contribution in [-0.2, 0) is 22.3 Å². The number of aromatic nitrogens is 3. The SMILES string of the molecule is CC[C@@H]1COc2c(ccc3c2c(C(F)(F)F)cc(=O)n3CCCCCCC(=O)N2CCO[C@H](COc3cc(C)c(Br)cc3NC(=O)Nc3cnc(C)cn3)C2)N1CC(F)(F)F. The van der Waals surface area contributed by atoms with Crippen molar-refractivity contribution in [1.29, 1.82) is 0 Å². The van der Waals surface area contributed by atoms with Crippen molar-refractivity contribution in [2.24, 2.45) is 0 Å². The van der Waals surface area contributed by atoms with Crippen LogP contribution in [0.3, 0.4) is 0 Å². The number of alkyl halides is 6. The van der Waals surface area contributed by atoms with E-state index in [9.17, 15) is 40.7 Å². The quantitative estimate of drug-likeness (QED) is 0.0940. The van der Waals surface area contributed by atoms with Gasteiger partial charge in [-0.15, -0.1) is 0 Å². The maximum Gasteiger partial charge on any atom is 0.417 e. The van der Waals surface area contributed by atoms with Gasteiger partial charge >= 0.3 is 18.4 Å². The van der Waals surface area contributed by atoms with Gasteiger partial charge in [-0.05, 0) is 62.9 Å². The molecule has 0 saturated carbocycles. The molecule has 2 atom stereocenters. The van der Waals surface area contributed by atoms with Crippen LogP contribution in [0, 0.1) is 13.8 Å². The van der Waals surface area contributed by atoms with E-state index in [0.29, 0.717) is 62.0 Å². The molecule has 2 aliphatic rings. The summed E-state index contributed by atoms with van der Waals surface area (Å²) in [5, 5.41) is 4.94. The van der Waals surface area contributed by atoms with Crippen LogP contribution in [0.15, 0.2) is 52.0 Å². The van der Waals surface area contributed by atoms with E-state index in [2.05, 4.69) is 36.5 Å². The average molecular weight is 927 g/mol. The number of halogens is 7. The minimum absolute atomic E-state index is 0.0520. The van der Waals surface area contributed by atoms with Crippen molar-refractivity contribution in [3.63, 3.8) is 0 Å². The molecule has 4 aromatic rings. The molecular formula is C41H46BrF6N7O6. The lowest BCUT2D eigenvalue weighted by Gasteiger charge is -2.39. The molecule has 6 rings (SSSR count). The molecule has 13 nitrogen and oxygen atoms in total. The molecule has 1 saturated heterocycles. The Bertz CT molecular complexity index is 2270. The molecule has 0 radical (unpaired) electrons. The lowest BCUT2D eigenvalue weighted by molar-refractivity contribution is -0.140. The van der Waals surface area contributed by atoms with E-state index in [0.717, 1.165) is 14.9 Å². The van der Waals surface area contributed by atoms with Crippen molar-refractivity contribution in [3.8, 4) is 11.5 Å². The standard InChI is InChI=1S/C41H46BrF6N7O6/c1-4-26-21-61-38-32(55(26)23-40(43,44)45)11-10-31-37(38)28(41(46,47)48)16-36(57)54(31)12-8-6-5-7-9-35(56)53-13-14-59-27(20-53)22-60-33-15-24(2)29(42)17-30(33)51-39(58)52-34-19-49-25(3)18-50-34/h10-11,15-19,26-27H,4-9,12-14,20-23H2,1-3H3,(H2,50,51,52,58)/t26-,27+/m1/s1. The van der Waals surface area contributed by atoms with E-state index in [1.54, 1.807) is 30.9 Å². The Morgan fingerprint density at radius 2 is 1.77 bits per heavy atom. The minimum atomic E-state index is -4.97. The molecule has 0 bridgehead atoms. The van der Waals surface area contributed by atoms with Crippen molar-refractivity contribution in [1.82, 2.24) is 19.4 Å². The number of hydrogen-bond acceptors (Lipinski definition) is 9. The van der Waals surface area contributed by atoms with E-state index in [1.165, 1.54) is 29.1 Å². The van der Waals surface area contributed by atoms with Gasteiger partial charge in [0.25, 0.3) is 5.56 Å². The predicted molar refractivity (Wildman–Crippen MR) is 219 cm³/mol. The molecule has 0 unspecified atom stereocenters. The first kappa shape index (κ1) is 45.4. The normalized spacial score (nSPS) is 16.9. The number of hydrogen-bond donors (Lipinski definition) is 2. The Balaban J connectivity index is 1.02. The van der Waals surface area contributed by atoms with Crippen molar-refractivity contribution < 1.29 is 50.1 Å². The van der Waals surface area contributed by atoms with E-state index in [1.807, 2.05) is 6.92 Å². The Kier molecular flexibility index (Phi) is 14.4. The smallest absolute Gasteiger partial charge is 0.417 e. The van der Waals surface area contributed by atoms with Gasteiger partial charge in [-0.3, -0.25) is 19.9 Å². The van der Waals surface area contributed by atoms with Crippen LogP contribution in [0.2, 0.25) is 0 Å². The first-order valence-corrected chi connectivity index (χ1v) is 20.6. The number of carbonyl (C=O) groups is 2. The fourth-order valence-corrected chi connectivity index (χ4v) is 7.71. The van der Waals surface area contributed by atoms with Crippen LogP contribution >= 0.6 is 15.9 Å². The van der Waals surface area contributed by atoms with Gasteiger partial charge < -0.3 is 33.9 Å². The topological polar surface area (TPSA) is 140 Å². The number of fused-ring (bicyclic) bond motifs is 3. The number of rotatable bonds is 14. The molecule has 3 amide bonds. The molecule has 2 aromatic heterocycles. The molecule has 20 heteroatoms. The summed E-state index contributed by atoms with van der Waals surface area (Å²) in [6.45, 7) is 4.85. The molecule has 4 heterocycles. The van der Waals surface area contributed by atoms with E-state index in [-0.39, 0.29) is 67.8 Å². The first-order chi connectivity index (χ1) is 28.9. The number of urea groups is 1. The molecule has 2 aromatic carbocycles. The summed E-state index contributed by atoms with van der Waals surface area (Å²) >= 11 is 3.49. The summed E-state index contributed by atoms with van der Waals surface area (Å²) in [5.74, 6) is 0.259. The maximum absolute atomic E-state index is 14.3. The number of morpholine rings is 1. The van der Waals surface area contributed by atoms with Gasteiger partial charge in [-0.25, -0.2) is 9.78 Å². The fraction of sp³-hybridized carbons (Fsp3) is 0.488. The van der Waals surface area contributed by atoms with Crippen molar-refractivity contribution >= 4 is 56.0 Å². The van der Waals surface area contributed by atoms with Gasteiger partial charge in [0.2, 0.25) is 5.91 Å². The van der Waals surface area contributed by atoms with Gasteiger partial charge in [-0.1, -0.05) is 35.7 Å². The highest BCUT2D eigenvalue weighted by atomic mass is 79.9. The molecule has 2 aliphatic heterocycles. The van der Waals surface area contributed by atoms with Gasteiger partial charge in [0.05, 0.1) is 65.1 Å².